The number of nitrogens with one attached hydrogen (secondary N) is 1. The Labute approximate surface area is 164 Å². The summed E-state index contributed by atoms with van der Waals surface area (Å²) in [7, 11) is 0. The Kier molecular flexibility index (Phi) is 6.55. The molecule has 1 N–H and O–H groups in total. The average Bonchev–Trinajstić information content (AvgIpc) is 3.05. The van der Waals surface area contributed by atoms with Gasteiger partial charge in [0.05, 0.1) is 10.1 Å². The number of hydrogen-bond donors (Lipinski definition) is 1. The van der Waals surface area contributed by atoms with Gasteiger partial charge in [0.1, 0.15) is 0 Å². The minimum atomic E-state index is -0.411. The van der Waals surface area contributed by atoms with Crippen LogP contribution in [0.2, 0.25) is 4.34 Å². The van der Waals surface area contributed by atoms with E-state index in [0.717, 1.165) is 20.0 Å². The largest absolute Gasteiger partial charge is 0.455 e. The molecule has 26 heavy (non-hydrogen) atoms. The molecule has 0 radical (unpaired) electrons. The highest BCUT2D eigenvalue weighted by Gasteiger charge is 2.09. The first-order chi connectivity index (χ1) is 12.6. The molecule has 0 aliphatic heterocycles. The van der Waals surface area contributed by atoms with Crippen molar-refractivity contribution in [2.24, 2.45) is 0 Å². The normalized spacial score (nSPS) is 10.7. The van der Waals surface area contributed by atoms with Gasteiger partial charge in [0.15, 0.2) is 6.61 Å². The predicted octanol–water partition coefficient (Wildman–Crippen LogP) is 4.97. The number of carbonyl (C=O) groups is 2. The molecular formula is C19H16ClNO3S2. The Hall–Kier alpha value is -2.02. The third kappa shape index (κ3) is 5.49. The van der Waals surface area contributed by atoms with E-state index in [-0.39, 0.29) is 18.3 Å². The number of benzene rings is 2. The average molecular weight is 406 g/mol. The van der Waals surface area contributed by atoms with Crippen LogP contribution in [-0.4, -0.2) is 24.2 Å². The maximum Gasteiger partial charge on any atom is 0.316 e. The summed E-state index contributed by atoms with van der Waals surface area (Å²) in [5.41, 5.74) is 0.675. The van der Waals surface area contributed by atoms with Crippen molar-refractivity contribution in [3.8, 4) is 0 Å². The van der Waals surface area contributed by atoms with E-state index < -0.39 is 5.97 Å². The van der Waals surface area contributed by atoms with E-state index in [2.05, 4.69) is 5.32 Å². The van der Waals surface area contributed by atoms with Crippen molar-refractivity contribution < 1.29 is 14.3 Å². The number of ether oxygens (including phenoxy) is 1. The lowest BCUT2D eigenvalue weighted by Gasteiger charge is -2.07. The molecule has 0 fully saturated rings. The van der Waals surface area contributed by atoms with Crippen molar-refractivity contribution in [3.63, 3.8) is 0 Å². The van der Waals surface area contributed by atoms with Crippen LogP contribution in [0, 0.1) is 0 Å². The van der Waals surface area contributed by atoms with E-state index in [1.807, 2.05) is 54.6 Å². The van der Waals surface area contributed by atoms with Gasteiger partial charge in [0.25, 0.3) is 5.91 Å². The standard InChI is InChI=1S/C19H16ClNO3S2/c20-17-8-7-16(26-17)11-25-12-19(23)24-10-18(22)21-15-6-5-13-3-1-2-4-14(13)9-15/h1-9H,10-12H2,(H,21,22). The third-order valence-corrected chi connectivity index (χ3v) is 5.86. The van der Waals surface area contributed by atoms with Crippen molar-refractivity contribution in [1.82, 2.24) is 0 Å². The summed E-state index contributed by atoms with van der Waals surface area (Å²) in [4.78, 5) is 24.8. The predicted molar refractivity (Wildman–Crippen MR) is 109 cm³/mol. The van der Waals surface area contributed by atoms with Crippen molar-refractivity contribution in [3.05, 3.63) is 63.8 Å². The highest BCUT2D eigenvalue weighted by molar-refractivity contribution is 7.99. The smallest absolute Gasteiger partial charge is 0.316 e. The molecule has 0 spiro atoms. The minimum Gasteiger partial charge on any atom is -0.455 e. The summed E-state index contributed by atoms with van der Waals surface area (Å²) < 4.78 is 5.74. The van der Waals surface area contributed by atoms with Crippen molar-refractivity contribution in [1.29, 1.82) is 0 Å². The minimum absolute atomic E-state index is 0.193. The number of fused-ring (bicyclic) bond motifs is 1. The van der Waals surface area contributed by atoms with Gasteiger partial charge in [-0.2, -0.15) is 0 Å². The van der Waals surface area contributed by atoms with Gasteiger partial charge in [-0.05, 0) is 35.0 Å². The number of anilines is 1. The molecule has 0 aliphatic rings. The molecule has 4 nitrogen and oxygen atoms in total. The zero-order valence-corrected chi connectivity index (χ0v) is 16.1. The second-order valence-electron chi connectivity index (χ2n) is 5.47. The van der Waals surface area contributed by atoms with Gasteiger partial charge in [-0.1, -0.05) is 41.9 Å². The molecule has 2 aromatic carbocycles. The molecule has 3 aromatic rings. The van der Waals surface area contributed by atoms with Crippen molar-refractivity contribution in [2.45, 2.75) is 5.75 Å². The van der Waals surface area contributed by atoms with E-state index in [1.165, 1.54) is 23.1 Å². The molecule has 3 rings (SSSR count). The van der Waals surface area contributed by atoms with Gasteiger partial charge in [-0.25, -0.2) is 0 Å². The van der Waals surface area contributed by atoms with Gasteiger partial charge < -0.3 is 10.1 Å². The van der Waals surface area contributed by atoms with Crippen LogP contribution in [0.5, 0.6) is 0 Å². The molecule has 0 saturated carbocycles. The highest BCUT2D eigenvalue weighted by Crippen LogP contribution is 2.25. The second kappa shape index (κ2) is 9.07. The van der Waals surface area contributed by atoms with Crippen LogP contribution < -0.4 is 5.32 Å². The van der Waals surface area contributed by atoms with Crippen LogP contribution in [0.3, 0.4) is 0 Å². The Morgan fingerprint density at radius 2 is 1.88 bits per heavy atom. The molecule has 134 valence electrons. The monoisotopic (exact) mass is 405 g/mol. The number of amides is 1. The van der Waals surface area contributed by atoms with Gasteiger partial charge in [-0.3, -0.25) is 9.59 Å². The maximum atomic E-state index is 11.9. The Balaban J connectivity index is 1.40. The van der Waals surface area contributed by atoms with Gasteiger partial charge in [0, 0.05) is 16.3 Å². The van der Waals surface area contributed by atoms with E-state index in [9.17, 15) is 9.59 Å². The first-order valence-electron chi connectivity index (χ1n) is 7.86. The Bertz CT molecular complexity index is 926. The van der Waals surface area contributed by atoms with E-state index in [4.69, 9.17) is 16.3 Å². The van der Waals surface area contributed by atoms with E-state index >= 15 is 0 Å². The maximum absolute atomic E-state index is 11.9. The fraction of sp³-hybridized carbons (Fsp3) is 0.158. The SMILES string of the molecule is O=C(COC(=O)CSCc1ccc(Cl)s1)Nc1ccc2ccccc2c1. The highest BCUT2D eigenvalue weighted by atomic mass is 35.5. The molecule has 1 heterocycles. The zero-order chi connectivity index (χ0) is 18.4. The van der Waals surface area contributed by atoms with Gasteiger partial charge >= 0.3 is 5.97 Å². The fourth-order valence-electron chi connectivity index (χ4n) is 2.32. The molecule has 1 aromatic heterocycles. The van der Waals surface area contributed by atoms with Crippen LogP contribution in [0.15, 0.2) is 54.6 Å². The molecule has 0 atom stereocenters. The number of thioether (sulfide) groups is 1. The molecule has 0 bridgehead atoms. The summed E-state index contributed by atoms with van der Waals surface area (Å²) in [5, 5.41) is 4.87. The Morgan fingerprint density at radius 3 is 2.65 bits per heavy atom. The molecule has 0 saturated heterocycles. The van der Waals surface area contributed by atoms with Gasteiger partial charge in [-0.15, -0.1) is 23.1 Å². The summed E-state index contributed by atoms with van der Waals surface area (Å²) >= 11 is 8.78. The molecule has 0 unspecified atom stereocenters. The van der Waals surface area contributed by atoms with Gasteiger partial charge in [0.2, 0.25) is 0 Å². The molecular weight excluding hydrogens is 390 g/mol. The number of halogens is 1. The molecule has 1 amide bonds. The van der Waals surface area contributed by atoms with E-state index in [1.54, 1.807) is 0 Å². The number of esters is 1. The van der Waals surface area contributed by atoms with Crippen LogP contribution >= 0.6 is 34.7 Å². The molecule has 0 aliphatic carbocycles. The zero-order valence-electron chi connectivity index (χ0n) is 13.7. The van der Waals surface area contributed by atoms with Crippen LogP contribution in [0.1, 0.15) is 4.88 Å². The van der Waals surface area contributed by atoms with Crippen LogP contribution in [0.4, 0.5) is 5.69 Å². The first kappa shape index (κ1) is 18.8. The number of hydrogen-bond acceptors (Lipinski definition) is 5. The summed E-state index contributed by atoms with van der Waals surface area (Å²) in [6, 6.07) is 17.3. The lowest BCUT2D eigenvalue weighted by molar-refractivity contribution is -0.144. The van der Waals surface area contributed by atoms with Crippen molar-refractivity contribution >= 4 is 63.0 Å². The van der Waals surface area contributed by atoms with Crippen LogP contribution in [-0.2, 0) is 20.1 Å². The van der Waals surface area contributed by atoms with Crippen LogP contribution in [0.25, 0.3) is 10.8 Å². The quantitative estimate of drug-likeness (QED) is 0.564. The summed E-state index contributed by atoms with van der Waals surface area (Å²) in [5.74, 6) is 0.115. The summed E-state index contributed by atoms with van der Waals surface area (Å²) in [6.45, 7) is -0.295. The second-order valence-corrected chi connectivity index (χ2v) is 8.25. The Morgan fingerprint density at radius 1 is 1.08 bits per heavy atom. The topological polar surface area (TPSA) is 55.4 Å². The first-order valence-corrected chi connectivity index (χ1v) is 10.2. The van der Waals surface area contributed by atoms with E-state index in [0.29, 0.717) is 11.4 Å². The summed E-state index contributed by atoms with van der Waals surface area (Å²) in [6.07, 6.45) is 0. The lowest BCUT2D eigenvalue weighted by atomic mass is 10.1. The third-order valence-electron chi connectivity index (χ3n) is 3.49. The number of rotatable bonds is 7. The number of thiophene rings is 1. The lowest BCUT2D eigenvalue weighted by Crippen LogP contribution is -2.21. The van der Waals surface area contributed by atoms with Crippen molar-refractivity contribution in [2.75, 3.05) is 17.7 Å². The number of carbonyl (C=O) groups excluding carboxylic acids is 2. The molecule has 7 heteroatoms. The fourth-order valence-corrected chi connectivity index (χ4v) is 4.33.